The van der Waals surface area contributed by atoms with E-state index < -0.39 is 4.92 Å². The van der Waals surface area contributed by atoms with Crippen molar-refractivity contribution in [3.63, 3.8) is 0 Å². The standard InChI is InChI=1S/C13H10N4O5/c1-20-9-4-8(5-10-12(9)13(14)16-22-10)21-11-3-2-7(6-15-11)17(18)19/h2-6H,1H3,(H2,14,16). The van der Waals surface area contributed by atoms with Gasteiger partial charge in [-0.2, -0.15) is 0 Å². The highest BCUT2D eigenvalue weighted by molar-refractivity contribution is 5.93. The molecule has 0 saturated heterocycles. The lowest BCUT2D eigenvalue weighted by Crippen LogP contribution is -1.93. The van der Waals surface area contributed by atoms with Gasteiger partial charge in [0.05, 0.1) is 12.0 Å². The molecule has 3 rings (SSSR count). The highest BCUT2D eigenvalue weighted by Gasteiger charge is 2.14. The minimum absolute atomic E-state index is 0.122. The summed E-state index contributed by atoms with van der Waals surface area (Å²) in [5.74, 6) is 1.22. The molecule has 22 heavy (non-hydrogen) atoms. The zero-order valence-corrected chi connectivity index (χ0v) is 11.3. The monoisotopic (exact) mass is 302 g/mol. The molecule has 0 aliphatic rings. The van der Waals surface area contributed by atoms with Crippen molar-refractivity contribution >= 4 is 22.5 Å². The molecule has 9 nitrogen and oxygen atoms in total. The minimum atomic E-state index is -0.539. The van der Waals surface area contributed by atoms with Crippen molar-refractivity contribution < 1.29 is 18.9 Å². The maximum atomic E-state index is 10.6. The molecule has 9 heteroatoms. The first-order valence-electron chi connectivity index (χ1n) is 6.09. The fraction of sp³-hybridized carbons (Fsp3) is 0.0769. The molecular weight excluding hydrogens is 292 g/mol. The Morgan fingerprint density at radius 3 is 2.82 bits per heavy atom. The number of hydrogen-bond acceptors (Lipinski definition) is 8. The Morgan fingerprint density at radius 1 is 1.36 bits per heavy atom. The van der Waals surface area contributed by atoms with Gasteiger partial charge in [-0.1, -0.05) is 5.16 Å². The summed E-state index contributed by atoms with van der Waals surface area (Å²) in [6.07, 6.45) is 1.11. The van der Waals surface area contributed by atoms with E-state index in [4.69, 9.17) is 19.7 Å². The maximum absolute atomic E-state index is 10.6. The highest BCUT2D eigenvalue weighted by Crippen LogP contribution is 2.36. The van der Waals surface area contributed by atoms with Gasteiger partial charge in [-0.15, -0.1) is 0 Å². The topological polar surface area (TPSA) is 127 Å². The number of hydrogen-bond donors (Lipinski definition) is 1. The third kappa shape index (κ3) is 2.35. The maximum Gasteiger partial charge on any atom is 0.287 e. The van der Waals surface area contributed by atoms with Crippen molar-refractivity contribution in [1.29, 1.82) is 0 Å². The van der Waals surface area contributed by atoms with Gasteiger partial charge in [0.25, 0.3) is 5.69 Å². The smallest absolute Gasteiger partial charge is 0.287 e. The summed E-state index contributed by atoms with van der Waals surface area (Å²) in [5.41, 5.74) is 5.97. The van der Waals surface area contributed by atoms with E-state index in [0.717, 1.165) is 6.20 Å². The van der Waals surface area contributed by atoms with Gasteiger partial charge in [0.1, 0.15) is 23.1 Å². The number of aromatic nitrogens is 2. The summed E-state index contributed by atoms with van der Waals surface area (Å²) in [5, 5.41) is 14.8. The molecule has 3 aromatic rings. The van der Waals surface area contributed by atoms with Gasteiger partial charge in [-0.25, -0.2) is 4.98 Å². The van der Waals surface area contributed by atoms with Crippen LogP contribution in [0.15, 0.2) is 35.0 Å². The molecule has 0 atom stereocenters. The van der Waals surface area contributed by atoms with E-state index in [1.165, 1.54) is 19.2 Å². The zero-order chi connectivity index (χ0) is 15.7. The molecule has 112 valence electrons. The number of nitrogen functional groups attached to an aromatic ring is 1. The highest BCUT2D eigenvalue weighted by atomic mass is 16.6. The molecule has 0 aliphatic heterocycles. The predicted octanol–water partition coefficient (Wildman–Crippen LogP) is 2.51. The molecule has 0 unspecified atom stereocenters. The summed E-state index contributed by atoms with van der Waals surface area (Å²) in [7, 11) is 1.48. The van der Waals surface area contributed by atoms with Crippen molar-refractivity contribution in [3.8, 4) is 17.4 Å². The van der Waals surface area contributed by atoms with Crippen LogP contribution in [-0.2, 0) is 0 Å². The molecular formula is C13H10N4O5. The van der Waals surface area contributed by atoms with E-state index in [9.17, 15) is 10.1 Å². The van der Waals surface area contributed by atoms with Gasteiger partial charge in [0.15, 0.2) is 11.4 Å². The quantitative estimate of drug-likeness (QED) is 0.575. The number of ether oxygens (including phenoxy) is 2. The van der Waals surface area contributed by atoms with Crippen molar-refractivity contribution in [3.05, 3.63) is 40.6 Å². The minimum Gasteiger partial charge on any atom is -0.496 e. The van der Waals surface area contributed by atoms with Gasteiger partial charge < -0.3 is 19.7 Å². The van der Waals surface area contributed by atoms with Crippen LogP contribution in [0.3, 0.4) is 0 Å². The van der Waals surface area contributed by atoms with E-state index in [-0.39, 0.29) is 17.4 Å². The van der Waals surface area contributed by atoms with Crippen LogP contribution in [0.1, 0.15) is 0 Å². The number of fused-ring (bicyclic) bond motifs is 1. The third-order valence-electron chi connectivity index (χ3n) is 2.91. The van der Waals surface area contributed by atoms with Crippen LogP contribution >= 0.6 is 0 Å². The number of rotatable bonds is 4. The SMILES string of the molecule is COc1cc(Oc2ccc([N+](=O)[O-])cn2)cc2onc(N)c12. The van der Waals surface area contributed by atoms with Crippen LogP contribution in [0.4, 0.5) is 11.5 Å². The lowest BCUT2D eigenvalue weighted by Gasteiger charge is -2.07. The van der Waals surface area contributed by atoms with Gasteiger partial charge in [0.2, 0.25) is 5.88 Å². The average molecular weight is 302 g/mol. The number of anilines is 1. The van der Waals surface area contributed by atoms with Crippen molar-refractivity contribution in [2.45, 2.75) is 0 Å². The van der Waals surface area contributed by atoms with Crippen LogP contribution in [-0.4, -0.2) is 22.2 Å². The number of nitro groups is 1. The molecule has 2 aromatic heterocycles. The predicted molar refractivity (Wildman–Crippen MR) is 75.9 cm³/mol. The van der Waals surface area contributed by atoms with E-state index >= 15 is 0 Å². The molecule has 0 fully saturated rings. The second-order valence-electron chi connectivity index (χ2n) is 4.28. The molecule has 0 amide bonds. The van der Waals surface area contributed by atoms with Crippen molar-refractivity contribution in [2.24, 2.45) is 0 Å². The molecule has 0 aliphatic carbocycles. The lowest BCUT2D eigenvalue weighted by atomic mass is 10.2. The first kappa shape index (κ1) is 13.6. The molecule has 2 heterocycles. The normalized spacial score (nSPS) is 10.6. The Hall–Kier alpha value is -3.36. The largest absolute Gasteiger partial charge is 0.496 e. The molecule has 2 N–H and O–H groups in total. The van der Waals surface area contributed by atoms with Crippen LogP contribution in [0.2, 0.25) is 0 Å². The van der Waals surface area contributed by atoms with Crippen LogP contribution in [0.25, 0.3) is 11.0 Å². The van der Waals surface area contributed by atoms with Gasteiger partial charge in [-0.3, -0.25) is 10.1 Å². The zero-order valence-electron chi connectivity index (χ0n) is 11.3. The van der Waals surface area contributed by atoms with Gasteiger partial charge in [0, 0.05) is 24.3 Å². The number of pyridine rings is 1. The van der Waals surface area contributed by atoms with Crippen LogP contribution in [0, 0.1) is 10.1 Å². The molecule has 1 aromatic carbocycles. The van der Waals surface area contributed by atoms with E-state index in [1.807, 2.05) is 0 Å². The van der Waals surface area contributed by atoms with Gasteiger partial charge in [-0.05, 0) is 0 Å². The second kappa shape index (κ2) is 5.20. The Kier molecular flexibility index (Phi) is 3.22. The number of benzene rings is 1. The average Bonchev–Trinajstić information content (AvgIpc) is 2.88. The molecule has 0 saturated carbocycles. The second-order valence-corrected chi connectivity index (χ2v) is 4.28. The molecule has 0 radical (unpaired) electrons. The van der Waals surface area contributed by atoms with E-state index in [1.54, 1.807) is 12.1 Å². The summed E-state index contributed by atoms with van der Waals surface area (Å²) in [6.45, 7) is 0. The van der Waals surface area contributed by atoms with Crippen LogP contribution in [0.5, 0.6) is 17.4 Å². The first-order chi connectivity index (χ1) is 10.6. The number of nitrogens with two attached hydrogens (primary N) is 1. The molecule has 0 bridgehead atoms. The Bertz CT molecular complexity index is 844. The number of nitrogens with zero attached hydrogens (tertiary/aromatic N) is 3. The van der Waals surface area contributed by atoms with Crippen molar-refractivity contribution in [1.82, 2.24) is 10.1 Å². The summed E-state index contributed by atoms with van der Waals surface area (Å²) < 4.78 is 15.8. The third-order valence-corrected chi connectivity index (χ3v) is 2.91. The lowest BCUT2D eigenvalue weighted by molar-refractivity contribution is -0.385. The Labute approximate surface area is 123 Å². The summed E-state index contributed by atoms with van der Waals surface area (Å²) in [4.78, 5) is 13.9. The van der Waals surface area contributed by atoms with Gasteiger partial charge >= 0.3 is 0 Å². The molecule has 0 spiro atoms. The Balaban J connectivity index is 1.95. The first-order valence-corrected chi connectivity index (χ1v) is 6.09. The van der Waals surface area contributed by atoms with Crippen molar-refractivity contribution in [2.75, 3.05) is 12.8 Å². The van der Waals surface area contributed by atoms with E-state index in [0.29, 0.717) is 22.5 Å². The summed E-state index contributed by atoms with van der Waals surface area (Å²) in [6, 6.07) is 5.86. The van der Waals surface area contributed by atoms with E-state index in [2.05, 4.69) is 10.1 Å². The fourth-order valence-electron chi connectivity index (χ4n) is 1.92. The number of methoxy groups -OCH3 is 1. The van der Waals surface area contributed by atoms with Crippen LogP contribution < -0.4 is 15.2 Å². The fourth-order valence-corrected chi connectivity index (χ4v) is 1.92. The summed E-state index contributed by atoms with van der Waals surface area (Å²) >= 11 is 0. The Morgan fingerprint density at radius 2 is 2.18 bits per heavy atom.